The van der Waals surface area contributed by atoms with Gasteiger partial charge in [-0.1, -0.05) is 29.8 Å². The number of halogens is 5. The predicted octanol–water partition coefficient (Wildman–Crippen LogP) is 5.17. The van der Waals surface area contributed by atoms with E-state index in [0.29, 0.717) is 0 Å². The van der Waals surface area contributed by atoms with Crippen LogP contribution in [0.1, 0.15) is 16.1 Å². The van der Waals surface area contributed by atoms with Gasteiger partial charge in [-0.05, 0) is 35.9 Å². The third-order valence-electron chi connectivity index (χ3n) is 4.74. The Bertz CT molecular complexity index is 1430. The van der Waals surface area contributed by atoms with Gasteiger partial charge in [0.25, 0.3) is 11.8 Å². The summed E-state index contributed by atoms with van der Waals surface area (Å²) in [4.78, 5) is 27.4. The number of anilines is 1. The molecule has 2 aromatic carbocycles. The number of hydrogen-bond acceptors (Lipinski definition) is 5. The molecule has 0 spiro atoms. The van der Waals surface area contributed by atoms with Crippen LogP contribution < -0.4 is 11.1 Å². The van der Waals surface area contributed by atoms with E-state index in [2.05, 4.69) is 15.4 Å². The third-order valence-corrected chi connectivity index (χ3v) is 5.05. The SMILES string of the molecule is Cn1nc(-c2cnc(C(F)(F)F)c(-c3ccc(NC(=O)c4c(F)cccc4Cl)cc3)c2)oc1=O. The molecule has 34 heavy (non-hydrogen) atoms. The van der Waals surface area contributed by atoms with Crippen molar-refractivity contribution in [1.29, 1.82) is 0 Å². The summed E-state index contributed by atoms with van der Waals surface area (Å²) in [7, 11) is 1.33. The first kappa shape index (κ1) is 23.2. The van der Waals surface area contributed by atoms with E-state index in [1.165, 1.54) is 43.4 Å². The summed E-state index contributed by atoms with van der Waals surface area (Å²) in [6, 6.07) is 10.3. The monoisotopic (exact) mass is 492 g/mol. The molecule has 12 heteroatoms. The zero-order chi connectivity index (χ0) is 24.6. The van der Waals surface area contributed by atoms with Gasteiger partial charge in [0.1, 0.15) is 5.82 Å². The highest BCUT2D eigenvalue weighted by Gasteiger charge is 2.36. The smallest absolute Gasteiger partial charge is 0.388 e. The largest absolute Gasteiger partial charge is 0.437 e. The topological polar surface area (TPSA) is 90.0 Å². The fourth-order valence-electron chi connectivity index (χ4n) is 3.13. The van der Waals surface area contributed by atoms with Crippen LogP contribution in [-0.4, -0.2) is 20.7 Å². The van der Waals surface area contributed by atoms with Gasteiger partial charge in [0.2, 0.25) is 0 Å². The first-order valence-electron chi connectivity index (χ1n) is 9.52. The van der Waals surface area contributed by atoms with Crippen LogP contribution >= 0.6 is 11.6 Å². The zero-order valence-electron chi connectivity index (χ0n) is 17.2. The van der Waals surface area contributed by atoms with Crippen molar-refractivity contribution < 1.29 is 26.8 Å². The first-order chi connectivity index (χ1) is 16.0. The van der Waals surface area contributed by atoms with Crippen molar-refractivity contribution in [2.24, 2.45) is 7.05 Å². The first-order valence-corrected chi connectivity index (χ1v) is 9.90. The van der Waals surface area contributed by atoms with Crippen LogP contribution in [0.2, 0.25) is 5.02 Å². The standard InChI is InChI=1S/C22H13ClF4N4O3/c1-31-21(33)34-20(30-31)12-9-14(18(28-10-12)22(25,26)27)11-5-7-13(8-6-11)29-19(32)17-15(23)3-2-4-16(17)24/h2-10H,1H3,(H,29,32). The van der Waals surface area contributed by atoms with Crippen LogP contribution in [-0.2, 0) is 13.2 Å². The Morgan fingerprint density at radius 2 is 1.82 bits per heavy atom. The number of alkyl halides is 3. The predicted molar refractivity (Wildman–Crippen MR) is 115 cm³/mol. The number of benzene rings is 2. The molecule has 0 saturated carbocycles. The van der Waals surface area contributed by atoms with Crippen molar-refractivity contribution in [3.05, 3.63) is 87.4 Å². The van der Waals surface area contributed by atoms with Gasteiger partial charge in [-0.15, -0.1) is 5.10 Å². The van der Waals surface area contributed by atoms with E-state index in [4.69, 9.17) is 16.0 Å². The van der Waals surface area contributed by atoms with Gasteiger partial charge in [0, 0.05) is 24.5 Å². The Balaban J connectivity index is 1.69. The minimum Gasteiger partial charge on any atom is -0.388 e. The van der Waals surface area contributed by atoms with Gasteiger partial charge in [0.05, 0.1) is 16.1 Å². The molecule has 4 rings (SSSR count). The normalized spacial score (nSPS) is 11.5. The van der Waals surface area contributed by atoms with Crippen LogP contribution in [0.3, 0.4) is 0 Å². The molecule has 2 heterocycles. The van der Waals surface area contributed by atoms with Gasteiger partial charge >= 0.3 is 11.9 Å². The Hall–Kier alpha value is -3.99. The number of carbonyl (C=O) groups excluding carboxylic acids is 1. The van der Waals surface area contributed by atoms with Crippen LogP contribution in [0.25, 0.3) is 22.6 Å². The quantitative estimate of drug-likeness (QED) is 0.397. The van der Waals surface area contributed by atoms with E-state index in [1.54, 1.807) is 0 Å². The summed E-state index contributed by atoms with van der Waals surface area (Å²) < 4.78 is 60.5. The average molecular weight is 493 g/mol. The number of carbonyl (C=O) groups is 1. The molecule has 1 N–H and O–H groups in total. The molecule has 0 aliphatic carbocycles. The summed E-state index contributed by atoms with van der Waals surface area (Å²) in [5, 5.41) is 6.18. The highest BCUT2D eigenvalue weighted by atomic mass is 35.5. The van der Waals surface area contributed by atoms with Gasteiger partial charge in [-0.3, -0.25) is 9.78 Å². The van der Waals surface area contributed by atoms with Crippen molar-refractivity contribution >= 4 is 23.2 Å². The summed E-state index contributed by atoms with van der Waals surface area (Å²) in [6.07, 6.45) is -3.86. The molecule has 0 aliphatic heterocycles. The molecule has 0 bridgehead atoms. The van der Waals surface area contributed by atoms with Gasteiger partial charge in [0.15, 0.2) is 5.69 Å². The molecule has 7 nitrogen and oxygen atoms in total. The summed E-state index contributed by atoms with van der Waals surface area (Å²) in [6.45, 7) is 0. The Labute approximate surface area is 193 Å². The minimum absolute atomic E-state index is 0.0623. The van der Waals surface area contributed by atoms with Gasteiger partial charge in [-0.25, -0.2) is 9.18 Å². The fraction of sp³-hybridized carbons (Fsp3) is 0.0909. The molecule has 1 amide bonds. The van der Waals surface area contributed by atoms with Crippen molar-refractivity contribution in [3.63, 3.8) is 0 Å². The number of aryl methyl sites for hydroxylation is 1. The lowest BCUT2D eigenvalue weighted by atomic mass is 10.0. The van der Waals surface area contributed by atoms with Crippen molar-refractivity contribution in [3.8, 4) is 22.6 Å². The van der Waals surface area contributed by atoms with E-state index in [9.17, 15) is 27.2 Å². The zero-order valence-corrected chi connectivity index (χ0v) is 17.9. The number of pyridine rings is 1. The van der Waals surface area contributed by atoms with Crippen LogP contribution in [0.5, 0.6) is 0 Å². The molecule has 0 aliphatic rings. The molecule has 0 unspecified atom stereocenters. The summed E-state index contributed by atoms with van der Waals surface area (Å²) in [5.74, 6) is -2.62. The maximum atomic E-state index is 14.0. The van der Waals surface area contributed by atoms with Crippen molar-refractivity contribution in [2.45, 2.75) is 6.18 Å². The van der Waals surface area contributed by atoms with Crippen molar-refractivity contribution in [2.75, 3.05) is 5.32 Å². The third kappa shape index (κ3) is 4.55. The molecule has 174 valence electrons. The van der Waals surface area contributed by atoms with Crippen molar-refractivity contribution in [1.82, 2.24) is 14.8 Å². The van der Waals surface area contributed by atoms with Gasteiger partial charge in [-0.2, -0.15) is 17.9 Å². The molecular weight excluding hydrogens is 480 g/mol. The second-order valence-corrected chi connectivity index (χ2v) is 7.45. The number of aromatic nitrogens is 3. The van der Waals surface area contributed by atoms with E-state index in [-0.39, 0.29) is 38.9 Å². The molecule has 0 fully saturated rings. The maximum absolute atomic E-state index is 14.0. The fourth-order valence-corrected chi connectivity index (χ4v) is 3.38. The summed E-state index contributed by atoms with van der Waals surface area (Å²) in [5.41, 5.74) is -1.45. The number of hydrogen-bond donors (Lipinski definition) is 1. The van der Waals surface area contributed by atoms with Crippen LogP contribution in [0.15, 0.2) is 63.9 Å². The highest BCUT2D eigenvalue weighted by molar-refractivity contribution is 6.34. The van der Waals surface area contributed by atoms with E-state index in [0.717, 1.165) is 23.0 Å². The van der Waals surface area contributed by atoms with Gasteiger partial charge < -0.3 is 9.73 Å². The Morgan fingerprint density at radius 3 is 2.41 bits per heavy atom. The Kier molecular flexibility index (Phi) is 5.96. The number of amides is 1. The lowest BCUT2D eigenvalue weighted by molar-refractivity contribution is -0.140. The Morgan fingerprint density at radius 1 is 1.12 bits per heavy atom. The molecule has 2 aromatic heterocycles. The molecule has 4 aromatic rings. The number of rotatable bonds is 4. The lowest BCUT2D eigenvalue weighted by Gasteiger charge is -2.13. The van der Waals surface area contributed by atoms with Crippen LogP contribution in [0, 0.1) is 5.82 Å². The highest BCUT2D eigenvalue weighted by Crippen LogP contribution is 2.37. The molecular formula is C22H13ClF4N4O3. The summed E-state index contributed by atoms with van der Waals surface area (Å²) >= 11 is 5.88. The van der Waals surface area contributed by atoms with E-state index < -0.39 is 29.4 Å². The second kappa shape index (κ2) is 8.75. The van der Waals surface area contributed by atoms with E-state index >= 15 is 0 Å². The molecule has 0 atom stereocenters. The average Bonchev–Trinajstić information content (AvgIpc) is 3.11. The second-order valence-electron chi connectivity index (χ2n) is 7.04. The lowest BCUT2D eigenvalue weighted by Crippen LogP contribution is -2.14. The molecule has 0 radical (unpaired) electrons. The minimum atomic E-state index is -4.77. The molecule has 0 saturated heterocycles. The van der Waals surface area contributed by atoms with E-state index in [1.807, 2.05) is 0 Å². The number of nitrogens with zero attached hydrogens (tertiary/aromatic N) is 3. The van der Waals surface area contributed by atoms with Crippen LogP contribution in [0.4, 0.5) is 23.2 Å². The number of nitrogens with one attached hydrogen (secondary N) is 1. The maximum Gasteiger partial charge on any atom is 0.437 e.